The molecule has 3 aromatic rings. The smallest absolute Gasteiger partial charge is 0.261 e. The second-order valence-corrected chi connectivity index (χ2v) is 6.32. The second kappa shape index (κ2) is 6.57. The average Bonchev–Trinajstić information content (AvgIpc) is 3.28. The van der Waals surface area contributed by atoms with Crippen molar-refractivity contribution in [1.29, 1.82) is 0 Å². The summed E-state index contributed by atoms with van der Waals surface area (Å²) < 4.78 is 20.2. The van der Waals surface area contributed by atoms with Crippen molar-refractivity contribution in [1.82, 2.24) is 19.9 Å². The van der Waals surface area contributed by atoms with Crippen molar-refractivity contribution >= 4 is 12.4 Å². The van der Waals surface area contributed by atoms with Crippen LogP contribution in [0, 0.1) is 12.7 Å². The molecule has 25 heavy (non-hydrogen) atoms. The number of hydrogen-bond donors (Lipinski definition) is 1. The van der Waals surface area contributed by atoms with Gasteiger partial charge >= 0.3 is 0 Å². The van der Waals surface area contributed by atoms with Crippen LogP contribution in [0.25, 0.3) is 17.1 Å². The van der Waals surface area contributed by atoms with Gasteiger partial charge in [-0.3, -0.25) is 0 Å². The third-order valence-electron chi connectivity index (χ3n) is 4.68. The lowest BCUT2D eigenvalue weighted by Crippen LogP contribution is -2.34. The molecule has 0 saturated heterocycles. The average molecular weight is 364 g/mol. The van der Waals surface area contributed by atoms with Crippen LogP contribution in [0.15, 0.2) is 35.0 Å². The first-order chi connectivity index (χ1) is 11.6. The number of rotatable bonds is 3. The Kier molecular flexibility index (Phi) is 4.62. The molecular formula is C17H19ClFN5O. The van der Waals surface area contributed by atoms with Gasteiger partial charge in [0, 0.05) is 0 Å². The summed E-state index contributed by atoms with van der Waals surface area (Å²) in [5, 5.41) is 8.43. The van der Waals surface area contributed by atoms with Gasteiger partial charge in [-0.15, -0.1) is 12.4 Å². The highest BCUT2D eigenvalue weighted by atomic mass is 35.5. The van der Waals surface area contributed by atoms with E-state index >= 15 is 0 Å². The Labute approximate surface area is 150 Å². The zero-order valence-corrected chi connectivity index (χ0v) is 14.6. The van der Waals surface area contributed by atoms with E-state index in [9.17, 15) is 4.39 Å². The minimum atomic E-state index is -0.484. The van der Waals surface area contributed by atoms with Crippen molar-refractivity contribution in [2.45, 2.75) is 38.1 Å². The lowest BCUT2D eigenvalue weighted by Gasteiger charge is -2.17. The molecule has 2 aromatic heterocycles. The first-order valence-electron chi connectivity index (χ1n) is 8.01. The molecule has 0 unspecified atom stereocenters. The van der Waals surface area contributed by atoms with Crippen molar-refractivity contribution < 1.29 is 8.91 Å². The highest BCUT2D eigenvalue weighted by Gasteiger charge is 2.36. The van der Waals surface area contributed by atoms with Crippen molar-refractivity contribution in [3.05, 3.63) is 47.8 Å². The predicted molar refractivity (Wildman–Crippen MR) is 93.1 cm³/mol. The molecular weight excluding hydrogens is 345 g/mol. The van der Waals surface area contributed by atoms with Crippen LogP contribution in [0.5, 0.6) is 0 Å². The van der Waals surface area contributed by atoms with Crippen LogP contribution in [-0.2, 0) is 5.54 Å². The van der Waals surface area contributed by atoms with E-state index in [0.29, 0.717) is 11.7 Å². The molecule has 0 atom stereocenters. The van der Waals surface area contributed by atoms with Crippen LogP contribution in [0.3, 0.4) is 0 Å². The number of benzene rings is 1. The van der Waals surface area contributed by atoms with Crippen LogP contribution in [0.4, 0.5) is 4.39 Å². The van der Waals surface area contributed by atoms with Gasteiger partial charge < -0.3 is 10.3 Å². The van der Waals surface area contributed by atoms with E-state index in [-0.39, 0.29) is 18.2 Å². The zero-order valence-electron chi connectivity index (χ0n) is 13.8. The minimum absolute atomic E-state index is 0. The minimum Gasteiger partial charge on any atom is -0.334 e. The molecule has 132 valence electrons. The topological polar surface area (TPSA) is 82.8 Å². The summed E-state index contributed by atoms with van der Waals surface area (Å²) >= 11 is 0. The summed E-state index contributed by atoms with van der Waals surface area (Å²) in [6, 6.07) is 6.15. The van der Waals surface area contributed by atoms with Gasteiger partial charge in [0.1, 0.15) is 5.82 Å². The lowest BCUT2D eigenvalue weighted by atomic mass is 9.99. The first-order valence-corrected chi connectivity index (χ1v) is 8.01. The van der Waals surface area contributed by atoms with Gasteiger partial charge in [-0.05, 0) is 44.0 Å². The second-order valence-electron chi connectivity index (χ2n) is 6.32. The quantitative estimate of drug-likeness (QED) is 0.769. The number of aromatic nitrogens is 4. The largest absolute Gasteiger partial charge is 0.334 e. The molecule has 0 amide bonds. The molecule has 0 bridgehead atoms. The fourth-order valence-corrected chi connectivity index (χ4v) is 3.23. The summed E-state index contributed by atoms with van der Waals surface area (Å²) in [7, 11) is 0. The summed E-state index contributed by atoms with van der Waals surface area (Å²) in [4.78, 5) is 4.50. The van der Waals surface area contributed by atoms with Crippen molar-refractivity contribution in [3.8, 4) is 17.1 Å². The number of halogens is 2. The van der Waals surface area contributed by atoms with Crippen LogP contribution in [0.2, 0.25) is 0 Å². The van der Waals surface area contributed by atoms with Gasteiger partial charge in [-0.25, -0.2) is 9.07 Å². The molecule has 1 saturated carbocycles. The zero-order chi connectivity index (χ0) is 16.7. The van der Waals surface area contributed by atoms with Crippen molar-refractivity contribution in [2.24, 2.45) is 5.73 Å². The van der Waals surface area contributed by atoms with Gasteiger partial charge in [0.2, 0.25) is 0 Å². The lowest BCUT2D eigenvalue weighted by molar-refractivity contribution is 0.372. The van der Waals surface area contributed by atoms with E-state index in [0.717, 1.165) is 42.6 Å². The molecule has 0 radical (unpaired) electrons. The van der Waals surface area contributed by atoms with E-state index in [1.165, 1.54) is 12.1 Å². The third kappa shape index (κ3) is 3.05. The number of nitrogens with zero attached hydrogens (tertiary/aromatic N) is 4. The monoisotopic (exact) mass is 363 g/mol. The summed E-state index contributed by atoms with van der Waals surface area (Å²) in [5.74, 6) is 0.687. The maximum Gasteiger partial charge on any atom is 0.261 e. The normalized spacial score (nSPS) is 16.0. The summed E-state index contributed by atoms with van der Waals surface area (Å²) in [6.45, 7) is 1.91. The molecule has 2 N–H and O–H groups in total. The molecule has 0 spiro atoms. The molecule has 1 fully saturated rings. The molecule has 1 aliphatic carbocycles. The van der Waals surface area contributed by atoms with Crippen molar-refractivity contribution in [2.75, 3.05) is 0 Å². The van der Waals surface area contributed by atoms with E-state index in [1.807, 2.05) is 6.92 Å². The standard InChI is InChI=1S/C17H18FN5O.ClH/c1-11-14(10-20-23(11)13-6-4-12(18)5-7-13)15-21-16(22-24-15)17(19)8-2-3-9-17;/h4-7,10H,2-3,8-9,19H2,1H3;1H. The maximum atomic E-state index is 13.1. The van der Waals surface area contributed by atoms with E-state index < -0.39 is 5.54 Å². The third-order valence-corrected chi connectivity index (χ3v) is 4.68. The van der Waals surface area contributed by atoms with E-state index in [1.54, 1.807) is 23.0 Å². The fraction of sp³-hybridized carbons (Fsp3) is 0.353. The fourth-order valence-electron chi connectivity index (χ4n) is 3.23. The molecule has 6 nitrogen and oxygen atoms in total. The molecule has 0 aliphatic heterocycles. The SMILES string of the molecule is Cc1c(-c2nc(C3(N)CCCC3)no2)cnn1-c1ccc(F)cc1.Cl. The summed E-state index contributed by atoms with van der Waals surface area (Å²) in [5.41, 5.74) is 8.26. The Morgan fingerprint density at radius 1 is 1.20 bits per heavy atom. The number of hydrogen-bond acceptors (Lipinski definition) is 5. The molecule has 4 rings (SSSR count). The predicted octanol–water partition coefficient (Wildman–Crippen LogP) is 3.52. The molecule has 1 aromatic carbocycles. The van der Waals surface area contributed by atoms with Gasteiger partial charge in [0.15, 0.2) is 5.82 Å². The maximum absolute atomic E-state index is 13.1. The van der Waals surface area contributed by atoms with Gasteiger partial charge in [-0.1, -0.05) is 18.0 Å². The van der Waals surface area contributed by atoms with Gasteiger partial charge in [-0.2, -0.15) is 10.1 Å². The Bertz CT molecular complexity index is 868. The molecule has 8 heteroatoms. The van der Waals surface area contributed by atoms with Gasteiger partial charge in [0.05, 0.1) is 28.7 Å². The number of nitrogens with two attached hydrogens (primary N) is 1. The first kappa shape index (κ1) is 17.6. The Hall–Kier alpha value is -2.25. The molecule has 1 aliphatic rings. The Balaban J connectivity index is 0.00000182. The van der Waals surface area contributed by atoms with Crippen LogP contribution in [0.1, 0.15) is 37.2 Å². The Morgan fingerprint density at radius 2 is 1.88 bits per heavy atom. The van der Waals surface area contributed by atoms with Crippen molar-refractivity contribution in [3.63, 3.8) is 0 Å². The van der Waals surface area contributed by atoms with E-state index in [4.69, 9.17) is 10.3 Å². The van der Waals surface area contributed by atoms with E-state index in [2.05, 4.69) is 15.2 Å². The van der Waals surface area contributed by atoms with Gasteiger partial charge in [0.25, 0.3) is 5.89 Å². The Morgan fingerprint density at radius 3 is 2.56 bits per heavy atom. The van der Waals surface area contributed by atoms with Crippen LogP contribution >= 0.6 is 12.4 Å². The summed E-state index contributed by atoms with van der Waals surface area (Å²) in [6.07, 6.45) is 5.59. The highest BCUT2D eigenvalue weighted by molar-refractivity contribution is 5.85. The van der Waals surface area contributed by atoms with Crippen LogP contribution in [-0.4, -0.2) is 19.9 Å². The van der Waals surface area contributed by atoms with Crippen LogP contribution < -0.4 is 5.73 Å². The molecule has 2 heterocycles. The highest BCUT2D eigenvalue weighted by Crippen LogP contribution is 2.35.